The van der Waals surface area contributed by atoms with Crippen LogP contribution in [0.3, 0.4) is 0 Å². The minimum absolute atomic E-state index is 0.0492. The number of aromatic nitrogens is 3. The minimum atomic E-state index is -0.702. The van der Waals surface area contributed by atoms with Crippen molar-refractivity contribution >= 4 is 28.6 Å². The third kappa shape index (κ3) is 8.21. The molecule has 0 saturated carbocycles. The van der Waals surface area contributed by atoms with Crippen LogP contribution in [0, 0.1) is 5.92 Å². The van der Waals surface area contributed by atoms with Gasteiger partial charge < -0.3 is 30.2 Å². The average molecular weight is 601 g/mol. The molecule has 0 bridgehead atoms. The summed E-state index contributed by atoms with van der Waals surface area (Å²) < 4.78 is 18.3. The van der Waals surface area contributed by atoms with Crippen molar-refractivity contribution in [2.45, 2.75) is 33.0 Å². The monoisotopic (exact) mass is 600 g/mol. The maximum Gasteiger partial charge on any atom is 0.324 e. The lowest BCUT2D eigenvalue weighted by Gasteiger charge is -2.14. The van der Waals surface area contributed by atoms with Crippen LogP contribution in [0.5, 0.6) is 11.6 Å². The van der Waals surface area contributed by atoms with Gasteiger partial charge in [-0.1, -0.05) is 19.9 Å². The second-order valence-corrected chi connectivity index (χ2v) is 11.1. The number of rotatable bonds is 13. The summed E-state index contributed by atoms with van der Waals surface area (Å²) >= 11 is 0. The first-order chi connectivity index (χ1) is 21.1. The fraction of sp³-hybridized carbons (Fsp3) is 0.333. The molecule has 0 aliphatic carbocycles. The van der Waals surface area contributed by atoms with Crippen LogP contribution < -0.4 is 20.5 Å². The Labute approximate surface area is 257 Å². The van der Waals surface area contributed by atoms with E-state index in [1.165, 1.54) is 6.08 Å². The van der Waals surface area contributed by atoms with Crippen molar-refractivity contribution in [2.75, 3.05) is 40.2 Å². The Morgan fingerprint density at radius 2 is 1.84 bits per heavy atom. The number of carbonyl (C=O) groups is 2. The van der Waals surface area contributed by atoms with Crippen molar-refractivity contribution in [2.24, 2.45) is 11.7 Å². The second-order valence-electron chi connectivity index (χ2n) is 11.1. The number of nitrogens with one attached hydrogen (secondary N) is 1. The lowest BCUT2D eigenvalue weighted by atomic mass is 10.0. The molecule has 3 heterocycles. The third-order valence-corrected chi connectivity index (χ3v) is 6.83. The van der Waals surface area contributed by atoms with Crippen LogP contribution in [0.1, 0.15) is 20.3 Å². The summed E-state index contributed by atoms with van der Waals surface area (Å²) in [5.74, 6) is 0.603. The van der Waals surface area contributed by atoms with E-state index >= 15 is 0 Å². The molecule has 1 atom stereocenters. The summed E-state index contributed by atoms with van der Waals surface area (Å²) in [4.78, 5) is 36.1. The molecule has 1 unspecified atom stereocenters. The lowest BCUT2D eigenvalue weighted by molar-refractivity contribution is -0.149. The van der Waals surface area contributed by atoms with E-state index in [4.69, 9.17) is 24.9 Å². The highest BCUT2D eigenvalue weighted by molar-refractivity contribution is 6.00. The molecule has 44 heavy (non-hydrogen) atoms. The molecule has 0 radical (unpaired) electrons. The zero-order chi connectivity index (χ0) is 31.8. The molecule has 4 aromatic rings. The largest absolute Gasteiger partial charge is 0.497 e. The zero-order valence-corrected chi connectivity index (χ0v) is 26.0. The standard InChI is InChI=1S/C33H40N6O5/c1-21(2)12-29(34)33(41)44-20-39-19-28(22-9-10-35-31(16-22)43-6)27-15-24(18-36-32(27)39)23-13-25(17-26(14-23)42-5)37-30(40)8-7-11-38(3)4/h7-10,13-19,21,29H,11-12,20,34H2,1-6H3,(H,37,40). The third-order valence-electron chi connectivity index (χ3n) is 6.83. The van der Waals surface area contributed by atoms with Crippen LogP contribution in [-0.2, 0) is 21.1 Å². The predicted octanol–water partition coefficient (Wildman–Crippen LogP) is 4.71. The quantitative estimate of drug-likeness (QED) is 0.165. The topological polar surface area (TPSA) is 134 Å². The van der Waals surface area contributed by atoms with Gasteiger partial charge in [0.15, 0.2) is 6.73 Å². The van der Waals surface area contributed by atoms with Crippen molar-refractivity contribution in [3.63, 3.8) is 0 Å². The van der Waals surface area contributed by atoms with Crippen molar-refractivity contribution < 1.29 is 23.8 Å². The molecule has 0 fully saturated rings. The minimum Gasteiger partial charge on any atom is -0.497 e. The van der Waals surface area contributed by atoms with E-state index in [2.05, 4.69) is 10.3 Å². The van der Waals surface area contributed by atoms with Crippen LogP contribution in [0.25, 0.3) is 33.3 Å². The first kappa shape index (κ1) is 32.2. The Kier molecular flexibility index (Phi) is 10.7. The number of anilines is 1. The summed E-state index contributed by atoms with van der Waals surface area (Å²) in [6.45, 7) is 4.61. The van der Waals surface area contributed by atoms with Gasteiger partial charge in [0.05, 0.1) is 14.2 Å². The molecular formula is C33H40N6O5. The van der Waals surface area contributed by atoms with Crippen LogP contribution in [0.4, 0.5) is 5.69 Å². The summed E-state index contributed by atoms with van der Waals surface area (Å²) in [6, 6.07) is 10.5. The number of amides is 1. The normalized spacial score (nSPS) is 12.2. The van der Waals surface area contributed by atoms with E-state index in [-0.39, 0.29) is 18.6 Å². The Morgan fingerprint density at radius 3 is 2.55 bits per heavy atom. The molecule has 3 aromatic heterocycles. The van der Waals surface area contributed by atoms with Gasteiger partial charge in [-0.3, -0.25) is 14.2 Å². The average Bonchev–Trinajstić information content (AvgIpc) is 3.37. The van der Waals surface area contributed by atoms with Crippen molar-refractivity contribution in [1.29, 1.82) is 0 Å². The van der Waals surface area contributed by atoms with Gasteiger partial charge in [0.2, 0.25) is 11.8 Å². The summed E-state index contributed by atoms with van der Waals surface area (Å²) in [5.41, 5.74) is 10.5. The number of nitrogens with two attached hydrogens (primary N) is 1. The van der Waals surface area contributed by atoms with Crippen molar-refractivity contribution in [3.05, 3.63) is 67.1 Å². The van der Waals surface area contributed by atoms with Gasteiger partial charge in [0, 0.05) is 65.5 Å². The summed E-state index contributed by atoms with van der Waals surface area (Å²) in [5, 5.41) is 3.73. The van der Waals surface area contributed by atoms with Gasteiger partial charge in [-0.25, -0.2) is 9.97 Å². The first-order valence-electron chi connectivity index (χ1n) is 14.3. The van der Waals surface area contributed by atoms with Gasteiger partial charge in [-0.15, -0.1) is 0 Å². The molecule has 0 spiro atoms. The van der Waals surface area contributed by atoms with Gasteiger partial charge in [-0.2, -0.15) is 0 Å². The molecule has 1 aromatic carbocycles. The van der Waals surface area contributed by atoms with Crippen LogP contribution in [0.15, 0.2) is 67.1 Å². The highest BCUT2D eigenvalue weighted by atomic mass is 16.5. The summed E-state index contributed by atoms with van der Waals surface area (Å²) in [6.07, 6.45) is 9.12. The highest BCUT2D eigenvalue weighted by Crippen LogP contribution is 2.35. The Balaban J connectivity index is 1.73. The Bertz CT molecular complexity index is 1650. The van der Waals surface area contributed by atoms with E-state index in [0.29, 0.717) is 35.9 Å². The molecule has 3 N–H and O–H groups in total. The Hall–Kier alpha value is -4.74. The maximum atomic E-state index is 12.6. The van der Waals surface area contributed by atoms with E-state index in [1.807, 2.05) is 69.4 Å². The molecule has 4 rings (SSSR count). The zero-order valence-electron chi connectivity index (χ0n) is 26.0. The number of hydrogen-bond donors (Lipinski definition) is 2. The van der Waals surface area contributed by atoms with Crippen molar-refractivity contribution in [3.8, 4) is 33.9 Å². The lowest BCUT2D eigenvalue weighted by Crippen LogP contribution is -2.33. The molecule has 232 valence electrons. The molecule has 0 saturated heterocycles. The number of pyridine rings is 2. The van der Waals surface area contributed by atoms with Crippen molar-refractivity contribution in [1.82, 2.24) is 19.4 Å². The van der Waals surface area contributed by atoms with Crippen LogP contribution in [-0.4, -0.2) is 72.2 Å². The van der Waals surface area contributed by atoms with Gasteiger partial charge >= 0.3 is 5.97 Å². The highest BCUT2D eigenvalue weighted by Gasteiger charge is 2.19. The first-order valence-corrected chi connectivity index (χ1v) is 14.3. The fourth-order valence-electron chi connectivity index (χ4n) is 4.70. The van der Waals surface area contributed by atoms with E-state index in [9.17, 15) is 9.59 Å². The molecule has 0 aliphatic rings. The summed E-state index contributed by atoms with van der Waals surface area (Å²) in [7, 11) is 7.00. The number of nitrogens with zero attached hydrogens (tertiary/aromatic N) is 4. The molecule has 11 heteroatoms. The van der Waals surface area contributed by atoms with Gasteiger partial charge in [-0.05, 0) is 61.8 Å². The molecule has 11 nitrogen and oxygen atoms in total. The van der Waals surface area contributed by atoms with E-state index in [1.54, 1.807) is 43.3 Å². The number of ether oxygens (including phenoxy) is 3. The van der Waals surface area contributed by atoms with E-state index in [0.717, 1.165) is 27.6 Å². The number of benzene rings is 1. The van der Waals surface area contributed by atoms with Gasteiger partial charge in [0.25, 0.3) is 0 Å². The van der Waals surface area contributed by atoms with Crippen LogP contribution in [0.2, 0.25) is 0 Å². The second kappa shape index (κ2) is 14.6. The maximum absolute atomic E-state index is 12.6. The Morgan fingerprint density at radius 1 is 1.05 bits per heavy atom. The van der Waals surface area contributed by atoms with Crippen LogP contribution >= 0.6 is 0 Å². The molecular weight excluding hydrogens is 560 g/mol. The number of esters is 1. The number of methoxy groups -OCH3 is 2. The van der Waals surface area contributed by atoms with E-state index < -0.39 is 12.0 Å². The van der Waals surface area contributed by atoms with Gasteiger partial charge in [0.1, 0.15) is 17.4 Å². The molecule has 0 aliphatic heterocycles. The smallest absolute Gasteiger partial charge is 0.324 e. The number of fused-ring (bicyclic) bond motifs is 1. The number of hydrogen-bond acceptors (Lipinski definition) is 9. The molecule has 1 amide bonds. The predicted molar refractivity (Wildman–Crippen MR) is 171 cm³/mol. The fourth-order valence-corrected chi connectivity index (χ4v) is 4.70. The number of carbonyl (C=O) groups excluding carboxylic acids is 2. The number of likely N-dealkylation sites (N-methyl/N-ethyl adjacent to an activating group) is 1. The SMILES string of the molecule is COc1cc(NC(=O)C=CCN(C)C)cc(-c2cnc3c(c2)c(-c2ccnc(OC)c2)cn3COC(=O)C(N)CC(C)C)c1.